The number of fused-ring (bicyclic) bond motifs is 5. The Morgan fingerprint density at radius 3 is 1.17 bits per heavy atom. The van der Waals surface area contributed by atoms with E-state index in [0.29, 0.717) is 11.0 Å². The summed E-state index contributed by atoms with van der Waals surface area (Å²) in [5.41, 5.74) is 6.49. The zero-order valence-corrected chi connectivity index (χ0v) is 30.1. The van der Waals surface area contributed by atoms with Crippen LogP contribution >= 0.6 is 0 Å². The molecule has 0 saturated heterocycles. The average molecular weight is 855 g/mol. The largest absolute Gasteiger partial charge is 0.491 e. The summed E-state index contributed by atoms with van der Waals surface area (Å²) < 4.78 is 37.2. The Hall–Kier alpha value is -5.96. The molecule has 0 saturated carbocycles. The Morgan fingerprint density at radius 2 is 0.750 bits per heavy atom. The van der Waals surface area contributed by atoms with Crippen molar-refractivity contribution in [2.75, 3.05) is 19.6 Å². The maximum Gasteiger partial charge on any atom is 0.0552 e. The summed E-state index contributed by atoms with van der Waals surface area (Å²) in [7, 11) is 0. The van der Waals surface area contributed by atoms with E-state index >= 15 is 8.78 Å². The summed E-state index contributed by atoms with van der Waals surface area (Å²) in [5.74, 6) is -1.45. The van der Waals surface area contributed by atoms with Crippen LogP contribution in [0.25, 0.3) is 27.5 Å². The van der Waals surface area contributed by atoms with Crippen molar-refractivity contribution in [1.29, 1.82) is 0 Å². The molecule has 0 fully saturated rings. The number of hydrogen-bond donors (Lipinski definition) is 0. The third-order valence-corrected chi connectivity index (χ3v) is 9.69. The Morgan fingerprint density at radius 1 is 0.404 bits per heavy atom. The fourth-order valence-electron chi connectivity index (χ4n) is 7.40. The first-order chi connectivity index (χ1) is 25.2. The number of aromatic nitrogens is 1. The van der Waals surface area contributed by atoms with E-state index in [9.17, 15) is 0 Å². The Kier molecular flexibility index (Phi) is 7.79. The Balaban J connectivity index is 0.00000360. The summed E-state index contributed by atoms with van der Waals surface area (Å²) in [6.07, 6.45) is 0. The van der Waals surface area contributed by atoms with E-state index in [1.54, 1.807) is 14.4 Å². The van der Waals surface area contributed by atoms with E-state index in [-0.39, 0.29) is 36.9 Å². The van der Waals surface area contributed by atoms with Gasteiger partial charge in [-0.2, -0.15) is 0 Å². The number of benzene rings is 7. The van der Waals surface area contributed by atoms with Crippen LogP contribution in [0, 0.1) is 31.0 Å². The van der Waals surface area contributed by atoms with Crippen molar-refractivity contribution in [3.05, 3.63) is 189 Å². The third-order valence-electron chi connectivity index (χ3n) is 9.69. The van der Waals surface area contributed by atoms with Crippen LogP contribution in [-0.2, 0) is 19.8 Å². The van der Waals surface area contributed by atoms with Gasteiger partial charge in [0.05, 0.1) is 22.7 Å². The van der Waals surface area contributed by atoms with Gasteiger partial charge in [-0.15, -0.1) is 19.4 Å². The van der Waals surface area contributed by atoms with Gasteiger partial charge in [0.1, 0.15) is 0 Å². The topological polar surface area (TPSA) is 17.9 Å². The molecule has 254 valence electrons. The zero-order valence-electron chi connectivity index (χ0n) is 27.5. The van der Waals surface area contributed by atoms with Crippen LogP contribution < -0.4 is 19.6 Å². The second-order valence-electron chi connectivity index (χ2n) is 12.5. The molecule has 8 aromatic rings. The Labute approximate surface area is 313 Å². The number of halogens is 2. The van der Waals surface area contributed by atoms with E-state index in [1.807, 2.05) is 181 Å². The van der Waals surface area contributed by atoms with Crippen molar-refractivity contribution in [2.24, 2.45) is 0 Å². The van der Waals surface area contributed by atoms with Crippen molar-refractivity contribution in [3.63, 3.8) is 0 Å². The van der Waals surface area contributed by atoms with Crippen molar-refractivity contribution in [2.45, 2.75) is 0 Å². The fourth-order valence-corrected chi connectivity index (χ4v) is 7.40. The van der Waals surface area contributed by atoms with Gasteiger partial charge in [0.25, 0.3) is 0 Å². The summed E-state index contributed by atoms with van der Waals surface area (Å²) in [5, 5.41) is 1.81. The summed E-state index contributed by atoms with van der Waals surface area (Å²) in [4.78, 5) is 7.57. The van der Waals surface area contributed by atoms with Gasteiger partial charge >= 0.3 is 0 Å². The average Bonchev–Trinajstić information content (AvgIpc) is 3.87. The second kappa shape index (κ2) is 12.7. The van der Waals surface area contributed by atoms with E-state index in [1.165, 1.54) is 0 Å². The maximum absolute atomic E-state index is 17.7. The van der Waals surface area contributed by atoms with Gasteiger partial charge < -0.3 is 24.2 Å². The van der Waals surface area contributed by atoms with Crippen molar-refractivity contribution in [3.8, 4) is 5.69 Å². The zero-order chi connectivity index (χ0) is 34.1. The molecule has 8 heteroatoms. The smallest absolute Gasteiger partial charge is 0.0552 e. The van der Waals surface area contributed by atoms with Crippen molar-refractivity contribution >= 4 is 67.3 Å². The first kappa shape index (κ1) is 32.0. The fraction of sp³-hybridized carbons (Fsp3) is 0. The van der Waals surface area contributed by atoms with Crippen LogP contribution in [0.5, 0.6) is 0 Å². The molecule has 0 amide bonds. The molecule has 5 nitrogen and oxygen atoms in total. The molecule has 0 aliphatic carbocycles. The number of para-hydroxylation sites is 8. The van der Waals surface area contributed by atoms with Crippen LogP contribution in [0.2, 0.25) is 0 Å². The normalized spacial score (nSPS) is 13.5. The standard InChI is InChI=1S/C44H28F2N5.Os/c45-42-40(49-28-47(30-15-3-1-4-16-30)36-23-11-13-25-38(36)49)27-41(50-29-48(31-17-5-2-6-18-31)37-24-12-14-26-39(37)50)43(46)44(42)51-34-21-9-7-19-32(34)33-20-8-10-22-35(33)51;/h1-26,28-29H;/q-3;. The predicted molar refractivity (Wildman–Crippen MR) is 202 cm³/mol. The molecule has 0 radical (unpaired) electrons. The maximum atomic E-state index is 17.7. The van der Waals surface area contributed by atoms with E-state index in [4.69, 9.17) is 0 Å². The monoisotopic (exact) mass is 856 g/mol. The quantitative estimate of drug-likeness (QED) is 0.160. The molecule has 2 aliphatic heterocycles. The summed E-state index contributed by atoms with van der Waals surface area (Å²) in [6.45, 7) is 3.70. The van der Waals surface area contributed by atoms with E-state index in [2.05, 4.69) is 6.07 Å². The molecule has 0 N–H and O–H groups in total. The van der Waals surface area contributed by atoms with Crippen LogP contribution in [-0.4, -0.2) is 4.57 Å². The molecule has 7 aromatic carbocycles. The molecule has 52 heavy (non-hydrogen) atoms. The van der Waals surface area contributed by atoms with Crippen LogP contribution in [0.15, 0.2) is 158 Å². The molecule has 0 bridgehead atoms. The van der Waals surface area contributed by atoms with Gasteiger partial charge in [-0.05, 0) is 60.7 Å². The number of rotatable bonds is 5. The first-order valence-corrected chi connectivity index (χ1v) is 16.8. The summed E-state index contributed by atoms with van der Waals surface area (Å²) >= 11 is 0. The summed E-state index contributed by atoms with van der Waals surface area (Å²) in [6, 6.07) is 54.2. The minimum Gasteiger partial charge on any atom is -0.491 e. The third kappa shape index (κ3) is 4.82. The van der Waals surface area contributed by atoms with Crippen LogP contribution in [0.4, 0.5) is 54.3 Å². The molecule has 0 unspecified atom stereocenters. The second-order valence-corrected chi connectivity index (χ2v) is 12.5. The number of hydrogen-bond acceptors (Lipinski definition) is 4. The van der Waals surface area contributed by atoms with Crippen LogP contribution in [0.3, 0.4) is 0 Å². The SMILES string of the molecule is Fc1c(N2[CH-]N(c3ccccc3)c3ccccc32)[c-]c(N2[CH-]N(c3ccccc3)c3ccccc32)c(F)c1-n1c2ccccc2c2ccccc21.[Os]. The van der Waals surface area contributed by atoms with E-state index < -0.39 is 11.6 Å². The van der Waals surface area contributed by atoms with Gasteiger partial charge in [-0.25, -0.2) is 0 Å². The van der Waals surface area contributed by atoms with Gasteiger partial charge in [0.15, 0.2) is 0 Å². The molecular weight excluding hydrogens is 827 g/mol. The molecule has 3 heterocycles. The van der Waals surface area contributed by atoms with Crippen molar-refractivity contribution in [1.82, 2.24) is 4.57 Å². The molecule has 10 rings (SSSR count). The molecule has 0 spiro atoms. The van der Waals surface area contributed by atoms with Gasteiger partial charge in [0.2, 0.25) is 0 Å². The minimum absolute atomic E-state index is 0. The predicted octanol–water partition coefficient (Wildman–Crippen LogP) is 11.7. The molecule has 0 atom stereocenters. The van der Waals surface area contributed by atoms with Gasteiger partial charge in [-0.1, -0.05) is 108 Å². The van der Waals surface area contributed by atoms with Crippen LogP contribution in [0.1, 0.15) is 0 Å². The molecule has 2 aliphatic rings. The van der Waals surface area contributed by atoms with Gasteiger partial charge in [-0.3, -0.25) is 8.78 Å². The molecular formula is C44H28F2N5Os-3. The van der Waals surface area contributed by atoms with E-state index in [0.717, 1.165) is 44.9 Å². The Bertz CT molecular complexity index is 2430. The molecule has 1 aromatic heterocycles. The number of anilines is 8. The minimum atomic E-state index is -0.726. The number of nitrogens with zero attached hydrogens (tertiary/aromatic N) is 5. The first-order valence-electron chi connectivity index (χ1n) is 16.8. The van der Waals surface area contributed by atoms with Gasteiger partial charge in [0, 0.05) is 70.4 Å². The van der Waals surface area contributed by atoms with Crippen molar-refractivity contribution < 1.29 is 28.6 Å².